The zero-order valence-electron chi connectivity index (χ0n) is 44.9. The lowest BCUT2D eigenvalue weighted by molar-refractivity contribution is 0.415. The number of hydrogen-bond donors (Lipinski definition) is 0. The predicted octanol–water partition coefficient (Wildman–Crippen LogP) is 9.33. The molecule has 0 saturated heterocycles. The Labute approximate surface area is 505 Å². The van der Waals surface area contributed by atoms with Crippen molar-refractivity contribution >= 4 is 132 Å². The maximum Gasteiger partial charge on any atom is 0.634 e. The van der Waals surface area contributed by atoms with Gasteiger partial charge in [0.2, 0.25) is 0 Å². The van der Waals surface area contributed by atoms with Crippen LogP contribution in [0.2, 0.25) is 0 Å². The van der Waals surface area contributed by atoms with Gasteiger partial charge in [0, 0.05) is 150 Å². The summed E-state index contributed by atoms with van der Waals surface area (Å²) in [6.07, 6.45) is -0.565. The van der Waals surface area contributed by atoms with Crippen LogP contribution in [-0.4, -0.2) is 47.8 Å². The fraction of sp³-hybridized carbons (Fsp3) is 0. The lowest BCUT2D eigenvalue weighted by atomic mass is 9.53. The topological polar surface area (TPSA) is 98.8 Å². The first kappa shape index (κ1) is 43.7. The van der Waals surface area contributed by atoms with E-state index in [-0.39, 0.29) is 12.3 Å². The number of fused-ring (bicyclic) bond motifs is 4. The average molecular weight is 1150 g/mol. The van der Waals surface area contributed by atoms with Gasteiger partial charge in [0.15, 0.2) is 0 Å². The molecule has 21 heteroatoms. The van der Waals surface area contributed by atoms with Crippen molar-refractivity contribution in [2.24, 2.45) is 0 Å². The molecule has 394 valence electrons. The molecular weight excluding hydrogens is 1120 g/mol. The second-order valence-corrected chi connectivity index (χ2v) is 26.5. The molecule has 11 aromatic carbocycles. The van der Waals surface area contributed by atoms with E-state index in [1.807, 2.05) is 47.5 Å². The van der Waals surface area contributed by atoms with Gasteiger partial charge in [0.1, 0.15) is 57.5 Å². The molecule has 0 aliphatic carbocycles. The third-order valence-electron chi connectivity index (χ3n) is 20.3. The van der Waals surface area contributed by atoms with Crippen molar-refractivity contribution in [2.45, 2.75) is 9.79 Å². The minimum Gasteiger partial charge on any atom is -0.521 e. The van der Waals surface area contributed by atoms with Crippen molar-refractivity contribution in [1.82, 2.24) is 0 Å². The number of nitrogens with zero attached hydrogens (tertiary/aromatic N) is 2. The zero-order valence-corrected chi connectivity index (χ0v) is 46.6. The molecule has 0 unspecified atom stereocenters. The highest BCUT2D eigenvalue weighted by Gasteiger charge is 2.61. The maximum absolute atomic E-state index is 7.48. The molecular formula is C66H27B7N2O10S2. The standard InChI is InChI=1S/C66H27B7N2O10S2/c1-3-11-28(12-4-1)74-34-23-35-49-53-41(25-43-57-59-47(87-68(63(53)57)75(35)29-13-5-2-6-14-29)27-45-55-51-39(79-73(83-43)66(55)59)22-20-33-31-16-8-10-18-37(31)77-70(85-45)61(33)51)81-71-64(49)48(34)52-40(80-71)24-42-56-58-46(86-67(74)62(52)56)26-44-54-50-38(78-72(82-42)65(54)58)21-19-32-30-15-7-9-17-36(30)76-69(84-44)60(32)50/h1-27H. The SMILES string of the molecule is c1ccc(N2B3Sc4cc5c6c7c4-c4c(cc8c(c43)-c3c2cc2c4c3B(O8)Oc3cc8c9c(c3-4)B(Sc3cc4c%10c(c3-9)B(Oc3ccc9c(c3-%10)B(Oc3ccccc3-9)O4)O8)N2c2ccccc2)OB7Oc2ccc3c(c2-6)B(Oc2ccccc2-3)O5)cc1. The second-order valence-electron chi connectivity index (χ2n) is 24.2. The Bertz CT molecular complexity index is 5050. The summed E-state index contributed by atoms with van der Waals surface area (Å²) in [5, 5.41) is 0. The Morgan fingerprint density at radius 2 is 0.575 bits per heavy atom. The second kappa shape index (κ2) is 14.4. The van der Waals surface area contributed by atoms with Crippen LogP contribution in [0.5, 0.6) is 57.5 Å². The van der Waals surface area contributed by atoms with Crippen LogP contribution in [0.3, 0.4) is 0 Å². The molecule has 14 heterocycles. The summed E-state index contributed by atoms with van der Waals surface area (Å²) in [7, 11) is -3.68. The van der Waals surface area contributed by atoms with Crippen LogP contribution >= 0.6 is 23.2 Å². The summed E-state index contributed by atoms with van der Waals surface area (Å²) in [5.41, 5.74) is 28.2. The van der Waals surface area contributed by atoms with Gasteiger partial charge >= 0.3 is 47.8 Å². The van der Waals surface area contributed by atoms with Gasteiger partial charge in [0.05, 0.1) is 0 Å². The normalized spacial score (nSPS) is 16.7. The van der Waals surface area contributed by atoms with Crippen LogP contribution in [0.1, 0.15) is 0 Å². The molecule has 14 aliphatic rings. The Morgan fingerprint density at radius 3 is 1.02 bits per heavy atom. The molecule has 0 bridgehead atoms. The molecule has 14 aliphatic heterocycles. The molecule has 0 amide bonds. The van der Waals surface area contributed by atoms with Crippen molar-refractivity contribution in [2.75, 3.05) is 9.62 Å². The van der Waals surface area contributed by atoms with Gasteiger partial charge in [-0.15, -0.1) is 23.2 Å². The van der Waals surface area contributed by atoms with Crippen molar-refractivity contribution < 1.29 is 46.5 Å². The Balaban J connectivity index is 0.758. The van der Waals surface area contributed by atoms with Crippen LogP contribution in [0.25, 0.3) is 89.0 Å². The van der Waals surface area contributed by atoms with E-state index in [0.29, 0.717) is 23.0 Å². The van der Waals surface area contributed by atoms with Crippen LogP contribution in [-0.2, 0) is 0 Å². The molecule has 11 aromatic rings. The van der Waals surface area contributed by atoms with E-state index in [9.17, 15) is 0 Å². The summed E-state index contributed by atoms with van der Waals surface area (Å²) in [6.45, 7) is 0. The summed E-state index contributed by atoms with van der Waals surface area (Å²) in [6, 6.07) is 57.6. The number of rotatable bonds is 2. The predicted molar refractivity (Wildman–Crippen MR) is 343 cm³/mol. The van der Waals surface area contributed by atoms with Crippen molar-refractivity contribution in [3.8, 4) is 147 Å². The van der Waals surface area contributed by atoms with E-state index in [2.05, 4.69) is 149 Å². The van der Waals surface area contributed by atoms with Crippen LogP contribution < -0.4 is 94.4 Å². The first-order chi connectivity index (χ1) is 43.1. The fourth-order valence-corrected chi connectivity index (χ4v) is 20.1. The van der Waals surface area contributed by atoms with E-state index in [1.54, 1.807) is 0 Å². The number of para-hydroxylation sites is 4. The summed E-state index contributed by atoms with van der Waals surface area (Å²) in [4.78, 5) is 7.23. The van der Waals surface area contributed by atoms with Crippen molar-refractivity contribution in [3.63, 3.8) is 0 Å². The highest BCUT2D eigenvalue weighted by atomic mass is 32.2. The summed E-state index contributed by atoms with van der Waals surface area (Å²) in [5.74, 6) is 7.33. The molecule has 0 atom stereocenters. The third kappa shape index (κ3) is 4.84. The Morgan fingerprint density at radius 1 is 0.241 bits per heavy atom. The van der Waals surface area contributed by atoms with Gasteiger partial charge in [-0.1, -0.05) is 84.9 Å². The number of benzene rings is 11. The van der Waals surface area contributed by atoms with Gasteiger partial charge in [-0.2, -0.15) is 0 Å². The molecule has 0 radical (unpaired) electrons. The summed E-state index contributed by atoms with van der Waals surface area (Å²) >= 11 is 3.66. The van der Waals surface area contributed by atoms with E-state index >= 15 is 0 Å². The molecule has 12 nitrogen and oxygen atoms in total. The minimum absolute atomic E-state index is 0.282. The van der Waals surface area contributed by atoms with E-state index in [0.717, 1.165) is 194 Å². The summed E-state index contributed by atoms with van der Waals surface area (Å²) < 4.78 is 71.3. The Kier molecular flexibility index (Phi) is 7.22. The molecule has 0 saturated carbocycles. The fourth-order valence-electron chi connectivity index (χ4n) is 17.2. The smallest absolute Gasteiger partial charge is 0.521 e. The van der Waals surface area contributed by atoms with Gasteiger partial charge in [-0.05, 0) is 88.8 Å². The highest BCUT2D eigenvalue weighted by molar-refractivity contribution is 8.27. The quantitative estimate of drug-likeness (QED) is 0.154. The third-order valence-corrected chi connectivity index (χ3v) is 22.8. The van der Waals surface area contributed by atoms with Crippen molar-refractivity contribution in [1.29, 1.82) is 0 Å². The lowest BCUT2D eigenvalue weighted by Gasteiger charge is -2.51. The highest BCUT2D eigenvalue weighted by Crippen LogP contribution is 2.64. The van der Waals surface area contributed by atoms with Gasteiger partial charge in [-0.3, -0.25) is 0 Å². The van der Waals surface area contributed by atoms with E-state index in [4.69, 9.17) is 46.5 Å². The molecule has 0 fully saturated rings. The first-order valence-corrected chi connectivity index (χ1v) is 31.2. The minimum atomic E-state index is -0.847. The van der Waals surface area contributed by atoms with Crippen molar-refractivity contribution in [3.05, 3.63) is 164 Å². The van der Waals surface area contributed by atoms with Crippen LogP contribution in [0, 0.1) is 0 Å². The van der Waals surface area contributed by atoms with E-state index in [1.165, 1.54) is 0 Å². The van der Waals surface area contributed by atoms with Crippen LogP contribution in [0.4, 0.5) is 22.7 Å². The molecule has 0 aromatic heterocycles. The molecule has 0 N–H and O–H groups in total. The van der Waals surface area contributed by atoms with Gasteiger partial charge in [0.25, 0.3) is 0 Å². The maximum atomic E-state index is 7.48. The molecule has 25 rings (SSSR count). The molecule has 87 heavy (non-hydrogen) atoms. The van der Waals surface area contributed by atoms with E-state index < -0.39 is 35.6 Å². The van der Waals surface area contributed by atoms with Crippen LogP contribution in [0.15, 0.2) is 174 Å². The van der Waals surface area contributed by atoms with Gasteiger partial charge < -0.3 is 56.2 Å². The lowest BCUT2D eigenvalue weighted by Crippen LogP contribution is -2.61. The zero-order chi connectivity index (χ0) is 55.3. The largest absolute Gasteiger partial charge is 0.634 e. The number of hydrogen-bond acceptors (Lipinski definition) is 14. The number of anilines is 4. The first-order valence-electron chi connectivity index (χ1n) is 29.4. The van der Waals surface area contributed by atoms with Gasteiger partial charge in [-0.25, -0.2) is 0 Å². The average Bonchev–Trinajstić information content (AvgIpc) is 0.675. The molecule has 0 spiro atoms. The Hall–Kier alpha value is -9.83. The monoisotopic (exact) mass is 1150 g/mol.